The lowest BCUT2D eigenvalue weighted by molar-refractivity contribution is -0.175. The molecule has 0 aliphatic heterocycles. The maximum Gasteiger partial charge on any atom is 0.375 e. The molecule has 8 nitrogen and oxygen atoms in total. The van der Waals surface area contributed by atoms with Crippen molar-refractivity contribution in [2.45, 2.75) is 69.8 Å². The minimum atomic E-state index is -1.45. The topological polar surface area (TPSA) is 107 Å². The van der Waals surface area contributed by atoms with Crippen LogP contribution in [-0.4, -0.2) is 42.7 Å². The minimum Gasteiger partial charge on any atom is -0.457 e. The van der Waals surface area contributed by atoms with Crippen LogP contribution in [0.3, 0.4) is 0 Å². The Morgan fingerprint density at radius 2 is 1.85 bits per heavy atom. The Balaban J connectivity index is 1.01. The number of aliphatic hydroxyl groups excluding tert-OH is 1. The smallest absolute Gasteiger partial charge is 0.375 e. The lowest BCUT2D eigenvalue weighted by Gasteiger charge is -2.60. The van der Waals surface area contributed by atoms with Crippen LogP contribution < -0.4 is 0 Å². The number of allylic oxidation sites excluding steroid dienone is 1. The van der Waals surface area contributed by atoms with Crippen LogP contribution in [0.4, 0.5) is 4.39 Å². The van der Waals surface area contributed by atoms with Crippen molar-refractivity contribution in [1.82, 2.24) is 14.8 Å². The van der Waals surface area contributed by atoms with Gasteiger partial charge >= 0.3 is 5.97 Å². The van der Waals surface area contributed by atoms with Gasteiger partial charge in [0.15, 0.2) is 5.60 Å². The molecule has 7 atom stereocenters. The molecule has 3 fully saturated rings. The third kappa shape index (κ3) is 5.51. The number of nitrogens with zero attached hydrogens (tertiary/aromatic N) is 3. The summed E-state index contributed by atoms with van der Waals surface area (Å²) in [4.78, 5) is 32.9. The number of ether oxygens (including phenoxy) is 1. The molecule has 3 saturated carbocycles. The Kier molecular flexibility index (Phi) is 8.54. The Hall–Kier alpha value is -4.80. The summed E-state index contributed by atoms with van der Waals surface area (Å²) in [6.45, 7) is 4.35. The summed E-state index contributed by atoms with van der Waals surface area (Å²) < 4.78 is 27.5. The monoisotopic (exact) mass is 743 g/mol. The number of hydrogen-bond donors (Lipinski definition) is 1. The summed E-state index contributed by atoms with van der Waals surface area (Å²) in [5.74, 6) is -0.355. The lowest BCUT2D eigenvalue weighted by atomic mass is 9.45. The summed E-state index contributed by atoms with van der Waals surface area (Å²) >= 11 is 1.18. The second-order valence-corrected chi connectivity index (χ2v) is 16.9. The molecule has 1 N–H and O–H groups in total. The number of esters is 1. The highest BCUT2D eigenvalue weighted by atomic mass is 32.2. The van der Waals surface area contributed by atoms with Crippen LogP contribution in [0.15, 0.2) is 108 Å². The number of halogens is 1. The van der Waals surface area contributed by atoms with Gasteiger partial charge in [0.05, 0.1) is 35.6 Å². The quantitative estimate of drug-likeness (QED) is 0.165. The molecule has 3 aromatic heterocycles. The molecule has 0 bridgehead atoms. The van der Waals surface area contributed by atoms with Crippen molar-refractivity contribution < 1.29 is 28.2 Å². The van der Waals surface area contributed by atoms with Crippen LogP contribution in [0.1, 0.15) is 73.3 Å². The normalized spacial score (nSPS) is 29.7. The van der Waals surface area contributed by atoms with Gasteiger partial charge in [0.2, 0.25) is 10.9 Å². The van der Waals surface area contributed by atoms with Gasteiger partial charge in [-0.1, -0.05) is 61.5 Å². The third-order valence-corrected chi connectivity index (χ3v) is 14.3. The Bertz CT molecular complexity index is 2240. The van der Waals surface area contributed by atoms with E-state index in [-0.39, 0.29) is 39.9 Å². The number of hydrogen-bond acceptors (Lipinski definition) is 8. The van der Waals surface area contributed by atoms with Crippen LogP contribution in [0, 0.1) is 34.4 Å². The average molecular weight is 744 g/mol. The van der Waals surface area contributed by atoms with Gasteiger partial charge in [-0.3, -0.25) is 9.78 Å². The van der Waals surface area contributed by atoms with E-state index in [1.807, 2.05) is 53.3 Å². The number of carbonyl (C=O) groups is 2. The summed E-state index contributed by atoms with van der Waals surface area (Å²) in [7, 11) is 0. The van der Waals surface area contributed by atoms with Crippen LogP contribution in [0.5, 0.6) is 0 Å². The van der Waals surface area contributed by atoms with E-state index in [0.29, 0.717) is 25.0 Å². The van der Waals surface area contributed by atoms with E-state index in [1.54, 1.807) is 30.5 Å². The number of furan rings is 1. The van der Waals surface area contributed by atoms with E-state index in [0.717, 1.165) is 53.0 Å². The number of aliphatic hydroxyl groups is 1. The highest BCUT2D eigenvalue weighted by Crippen LogP contribution is 2.69. The van der Waals surface area contributed by atoms with Crippen molar-refractivity contribution in [3.8, 4) is 16.9 Å². The zero-order valence-electron chi connectivity index (χ0n) is 30.3. The Morgan fingerprint density at radius 3 is 2.59 bits per heavy atom. The van der Waals surface area contributed by atoms with Crippen molar-refractivity contribution in [3.63, 3.8) is 0 Å². The van der Waals surface area contributed by atoms with E-state index in [4.69, 9.17) is 14.3 Å². The number of thioether (sulfide) groups is 1. The van der Waals surface area contributed by atoms with E-state index in [1.165, 1.54) is 35.7 Å². The van der Waals surface area contributed by atoms with Crippen LogP contribution in [-0.2, 0) is 21.7 Å². The van der Waals surface area contributed by atoms with Gasteiger partial charge in [-0.2, -0.15) is 5.10 Å². The molecule has 5 aromatic rings. The minimum absolute atomic E-state index is 0.0464. The maximum atomic E-state index is 14.8. The third-order valence-electron chi connectivity index (χ3n) is 13.2. The first-order chi connectivity index (χ1) is 26.1. The number of benzene rings is 2. The van der Waals surface area contributed by atoms with Crippen molar-refractivity contribution in [2.75, 3.05) is 0 Å². The molecule has 4 aliphatic carbocycles. The number of pyridine rings is 1. The molecule has 0 amide bonds. The van der Waals surface area contributed by atoms with E-state index in [9.17, 15) is 19.1 Å². The fourth-order valence-electron chi connectivity index (χ4n) is 10.7. The lowest BCUT2D eigenvalue weighted by Crippen LogP contribution is -2.62. The van der Waals surface area contributed by atoms with Crippen LogP contribution in [0.25, 0.3) is 23.0 Å². The summed E-state index contributed by atoms with van der Waals surface area (Å²) in [6, 6.07) is 23.4. The first-order valence-corrected chi connectivity index (χ1v) is 19.7. The van der Waals surface area contributed by atoms with Crippen molar-refractivity contribution >= 4 is 28.9 Å². The first kappa shape index (κ1) is 34.9. The van der Waals surface area contributed by atoms with E-state index < -0.39 is 23.1 Å². The van der Waals surface area contributed by atoms with Gasteiger partial charge in [-0.05, 0) is 127 Å². The molecule has 9 rings (SSSR count). The summed E-state index contributed by atoms with van der Waals surface area (Å²) in [6.07, 6.45) is 10.5. The fraction of sp³-hybridized carbons (Fsp3) is 0.364. The summed E-state index contributed by atoms with van der Waals surface area (Å²) in [5.41, 5.74) is 4.47. The highest BCUT2D eigenvalue weighted by Gasteiger charge is 2.71. The average Bonchev–Trinajstić information content (AvgIpc) is 3.92. The first-order valence-electron chi connectivity index (χ1n) is 18.8. The van der Waals surface area contributed by atoms with Gasteiger partial charge < -0.3 is 14.3 Å². The molecular formula is C44H42FN3O5S. The maximum absolute atomic E-state index is 14.8. The molecule has 54 heavy (non-hydrogen) atoms. The second-order valence-electron chi connectivity index (χ2n) is 16.0. The van der Waals surface area contributed by atoms with E-state index in [2.05, 4.69) is 24.9 Å². The fourth-order valence-corrected chi connectivity index (χ4v) is 11.8. The highest BCUT2D eigenvalue weighted by molar-refractivity contribution is 8.13. The number of aromatic nitrogens is 3. The molecule has 0 spiro atoms. The zero-order chi connectivity index (χ0) is 37.2. The van der Waals surface area contributed by atoms with E-state index >= 15 is 0 Å². The van der Waals surface area contributed by atoms with Crippen LogP contribution >= 0.6 is 11.8 Å². The van der Waals surface area contributed by atoms with Gasteiger partial charge in [-0.25, -0.2) is 13.9 Å². The molecule has 3 heterocycles. The molecule has 10 heteroatoms. The summed E-state index contributed by atoms with van der Waals surface area (Å²) in [5, 5.41) is 16.9. The molecule has 276 valence electrons. The van der Waals surface area contributed by atoms with Gasteiger partial charge in [-0.15, -0.1) is 0 Å². The second kappa shape index (κ2) is 13.2. The number of rotatable bonds is 7. The van der Waals surface area contributed by atoms with Gasteiger partial charge in [0.25, 0.3) is 0 Å². The van der Waals surface area contributed by atoms with Gasteiger partial charge in [0, 0.05) is 22.9 Å². The number of carbonyl (C=O) groups excluding carboxylic acids is 2. The molecule has 0 radical (unpaired) electrons. The number of fused-ring (bicyclic) bond motifs is 6. The van der Waals surface area contributed by atoms with Crippen LogP contribution in [0.2, 0.25) is 0 Å². The molecule has 4 aliphatic rings. The van der Waals surface area contributed by atoms with Crippen molar-refractivity contribution in [1.29, 1.82) is 0 Å². The predicted octanol–water partition coefficient (Wildman–Crippen LogP) is 8.88. The SMILES string of the molecule is C[C@]12Cc3cnn(-c4ccc(F)cc4)c3C=C1CCC1C2[C@@H](O)C[C@@]2(C)C1CC[C@]2(OC(=O)c1ccco1)C(=O)SCc1ccc(-c2ccccn2)cc1. The van der Waals surface area contributed by atoms with Crippen molar-refractivity contribution in [2.24, 2.45) is 28.6 Å². The molecule has 2 aromatic carbocycles. The predicted molar refractivity (Wildman–Crippen MR) is 204 cm³/mol. The largest absolute Gasteiger partial charge is 0.457 e. The molecule has 0 saturated heterocycles. The Morgan fingerprint density at radius 1 is 1.04 bits per heavy atom. The standard InChI is InChI=1S/C44H42FN3O5S/c1-42-23-29-25-47-48(32-15-13-31(45)14-16-32)36(29)22-30(42)12-17-33-34-18-19-44(43(34,2)24-37(49)39(33)42,53-40(50)38-7-5-21-52-38)41(51)54-26-27-8-10-28(11-9-27)35-6-3-4-20-46-35/h3-11,13-16,20-22,25,33-34,37,39,49H,12,17-19,23-24,26H2,1-2H3/t33?,34?,37-,39?,42-,43-,44-/m0/s1. The zero-order valence-corrected chi connectivity index (χ0v) is 31.1. The molecular weight excluding hydrogens is 702 g/mol. The van der Waals surface area contributed by atoms with Gasteiger partial charge in [0.1, 0.15) is 5.82 Å². The molecule has 3 unspecified atom stereocenters. The van der Waals surface area contributed by atoms with Crippen molar-refractivity contribution in [3.05, 3.63) is 131 Å². The Labute approximate surface area is 317 Å².